The third-order valence-corrected chi connectivity index (χ3v) is 5.96. The minimum atomic E-state index is -3.18. The third kappa shape index (κ3) is 10.5. The average Bonchev–Trinajstić information content (AvgIpc) is 2.83. The van der Waals surface area contributed by atoms with Crippen LogP contribution in [0.1, 0.15) is 66.2 Å². The lowest BCUT2D eigenvalue weighted by Crippen LogP contribution is -2.44. The zero-order chi connectivity index (χ0) is 28.4. The number of hydrogen-bond donors (Lipinski definition) is 0. The van der Waals surface area contributed by atoms with Gasteiger partial charge in [-0.2, -0.15) is 0 Å². The Hall–Kier alpha value is -3.04. The van der Waals surface area contributed by atoms with Gasteiger partial charge in [0, 0.05) is 22.6 Å². The van der Waals surface area contributed by atoms with Crippen molar-refractivity contribution in [2.24, 2.45) is 11.3 Å². The van der Waals surface area contributed by atoms with Crippen molar-refractivity contribution >= 4 is 23.9 Å². The van der Waals surface area contributed by atoms with Gasteiger partial charge in [0.2, 0.25) is 0 Å². The van der Waals surface area contributed by atoms with E-state index in [1.54, 1.807) is 0 Å². The summed E-state index contributed by atoms with van der Waals surface area (Å²) in [6, 6.07) is 0. The van der Waals surface area contributed by atoms with Crippen LogP contribution < -0.4 is 0 Å². The Morgan fingerprint density at radius 2 is 1.24 bits per heavy atom. The number of halogens is 2. The number of carbonyl (C=O) groups is 4. The van der Waals surface area contributed by atoms with E-state index in [2.05, 4.69) is 19.7 Å². The second-order valence-corrected chi connectivity index (χ2v) is 9.98. The Morgan fingerprint density at radius 1 is 0.811 bits per heavy atom. The Bertz CT molecular complexity index is 872. The summed E-state index contributed by atoms with van der Waals surface area (Å²) in [5.74, 6) is -7.58. The molecule has 1 aliphatic rings. The summed E-state index contributed by atoms with van der Waals surface area (Å²) in [5.41, 5.74) is -1.59. The number of carbonyl (C=O) groups excluding carboxylic acids is 4. The van der Waals surface area contributed by atoms with E-state index in [0.29, 0.717) is 25.7 Å². The molecule has 1 atom stereocenters. The van der Waals surface area contributed by atoms with Gasteiger partial charge >= 0.3 is 23.9 Å². The van der Waals surface area contributed by atoms with Crippen LogP contribution in [-0.2, 0) is 38.1 Å². The summed E-state index contributed by atoms with van der Waals surface area (Å²) in [7, 11) is 0. The molecule has 0 aromatic carbocycles. The van der Waals surface area contributed by atoms with Crippen LogP contribution in [0.4, 0.5) is 8.78 Å². The van der Waals surface area contributed by atoms with Gasteiger partial charge in [-0.1, -0.05) is 39.0 Å². The monoisotopic (exact) mass is 528 g/mol. The third-order valence-electron chi connectivity index (χ3n) is 5.96. The van der Waals surface area contributed by atoms with Gasteiger partial charge in [-0.25, -0.2) is 23.2 Å². The van der Waals surface area contributed by atoms with Gasteiger partial charge in [0.25, 0.3) is 5.92 Å². The molecule has 0 aromatic heterocycles. The van der Waals surface area contributed by atoms with Gasteiger partial charge in [0.15, 0.2) is 0 Å². The zero-order valence-corrected chi connectivity index (χ0v) is 22.2. The molecule has 0 bridgehead atoms. The summed E-state index contributed by atoms with van der Waals surface area (Å²) in [5, 5.41) is 0. The second kappa shape index (κ2) is 14.0. The first kappa shape index (κ1) is 32.0. The van der Waals surface area contributed by atoms with Gasteiger partial charge in [0.05, 0.1) is 6.42 Å². The number of rotatable bonds is 14. The molecule has 1 saturated carbocycles. The van der Waals surface area contributed by atoms with Gasteiger partial charge in [-0.05, 0) is 40.5 Å². The Kier molecular flexibility index (Phi) is 12.1. The molecule has 0 amide bonds. The van der Waals surface area contributed by atoms with Crippen LogP contribution >= 0.6 is 0 Å². The van der Waals surface area contributed by atoms with Gasteiger partial charge in [0.1, 0.15) is 31.3 Å². The van der Waals surface area contributed by atoms with Crippen LogP contribution in [-0.4, -0.2) is 55.7 Å². The molecule has 1 unspecified atom stereocenters. The van der Waals surface area contributed by atoms with Crippen LogP contribution in [0.3, 0.4) is 0 Å². The molecule has 1 aliphatic carbocycles. The quantitative estimate of drug-likeness (QED) is 0.179. The van der Waals surface area contributed by atoms with Gasteiger partial charge in [-0.15, -0.1) is 0 Å². The van der Waals surface area contributed by atoms with E-state index in [-0.39, 0.29) is 16.7 Å². The van der Waals surface area contributed by atoms with Crippen molar-refractivity contribution in [2.75, 3.05) is 19.8 Å². The lowest BCUT2D eigenvalue weighted by molar-refractivity contribution is -0.183. The fourth-order valence-corrected chi connectivity index (χ4v) is 3.57. The van der Waals surface area contributed by atoms with E-state index in [9.17, 15) is 19.2 Å². The lowest BCUT2D eigenvalue weighted by Gasteiger charge is -2.34. The van der Waals surface area contributed by atoms with E-state index in [1.165, 1.54) is 27.7 Å². The number of hydrogen-bond acceptors (Lipinski definition) is 8. The predicted octanol–water partition coefficient (Wildman–Crippen LogP) is 4.87. The normalized spacial score (nSPS) is 15.2. The summed E-state index contributed by atoms with van der Waals surface area (Å²) in [4.78, 5) is 49.0. The SMILES string of the molecule is C=C(C)C(=O)OCC(CC(F)(F)C1CCCCC1)OC(=O)C(C)(COC(=O)C(=C)C)COC(=O)C(=C)C. The molecular weight excluding hydrogens is 490 g/mol. The molecule has 0 aromatic rings. The fraction of sp³-hybridized carbons (Fsp3) is 0.630. The largest absolute Gasteiger partial charge is 0.461 e. The number of alkyl halides is 2. The predicted molar refractivity (Wildman–Crippen MR) is 131 cm³/mol. The average molecular weight is 529 g/mol. The van der Waals surface area contributed by atoms with E-state index in [0.717, 1.165) is 6.42 Å². The second-order valence-electron chi connectivity index (χ2n) is 9.98. The molecule has 8 nitrogen and oxygen atoms in total. The first-order chi connectivity index (χ1) is 17.1. The van der Waals surface area contributed by atoms with Crippen LogP contribution in [0.5, 0.6) is 0 Å². The first-order valence-corrected chi connectivity index (χ1v) is 12.2. The van der Waals surface area contributed by atoms with Crippen molar-refractivity contribution in [1.82, 2.24) is 0 Å². The summed E-state index contributed by atoms with van der Waals surface area (Å²) in [6.07, 6.45) is 0.520. The molecule has 10 heteroatoms. The maximum absolute atomic E-state index is 15.2. The van der Waals surface area contributed by atoms with Crippen molar-refractivity contribution in [2.45, 2.75) is 78.2 Å². The van der Waals surface area contributed by atoms with Crippen molar-refractivity contribution in [1.29, 1.82) is 0 Å². The highest BCUT2D eigenvalue weighted by Gasteiger charge is 2.45. The zero-order valence-electron chi connectivity index (χ0n) is 22.2. The molecule has 1 rings (SSSR count). The Labute approximate surface area is 217 Å². The standard InChI is InChI=1S/C27H38F2O8/c1-17(2)22(30)34-14-21(13-27(28,29)20-11-9-8-10-12-20)37-25(33)26(7,15-35-23(31)18(3)4)16-36-24(32)19(5)6/h20-21H,1,3,5,8-16H2,2,4,6-7H3. The Balaban J connectivity index is 3.14. The molecule has 1 fully saturated rings. The van der Waals surface area contributed by atoms with E-state index in [1.807, 2.05) is 0 Å². The van der Waals surface area contributed by atoms with Crippen LogP contribution in [0.2, 0.25) is 0 Å². The summed E-state index contributed by atoms with van der Waals surface area (Å²) >= 11 is 0. The number of esters is 4. The van der Waals surface area contributed by atoms with Gasteiger partial charge < -0.3 is 18.9 Å². The first-order valence-electron chi connectivity index (χ1n) is 12.2. The smallest absolute Gasteiger partial charge is 0.333 e. The molecule has 0 heterocycles. The minimum absolute atomic E-state index is 0.0485. The lowest BCUT2D eigenvalue weighted by atomic mass is 9.82. The molecule has 0 saturated heterocycles. The van der Waals surface area contributed by atoms with Crippen molar-refractivity contribution in [3.8, 4) is 0 Å². The highest BCUT2D eigenvalue weighted by atomic mass is 19.3. The fourth-order valence-electron chi connectivity index (χ4n) is 3.57. The van der Waals surface area contributed by atoms with E-state index in [4.69, 9.17) is 18.9 Å². The van der Waals surface area contributed by atoms with E-state index >= 15 is 8.78 Å². The summed E-state index contributed by atoms with van der Waals surface area (Å²) < 4.78 is 51.0. The van der Waals surface area contributed by atoms with Crippen molar-refractivity contribution in [3.63, 3.8) is 0 Å². The highest BCUT2D eigenvalue weighted by molar-refractivity contribution is 5.88. The van der Waals surface area contributed by atoms with Crippen LogP contribution in [0.25, 0.3) is 0 Å². The van der Waals surface area contributed by atoms with E-state index < -0.39 is 73.5 Å². The molecule has 0 spiro atoms. The number of ether oxygens (including phenoxy) is 4. The molecule has 0 aliphatic heterocycles. The van der Waals surface area contributed by atoms with Crippen molar-refractivity contribution < 1.29 is 46.9 Å². The summed E-state index contributed by atoms with van der Waals surface area (Å²) in [6.45, 7) is 14.1. The van der Waals surface area contributed by atoms with Crippen LogP contribution in [0, 0.1) is 11.3 Å². The molecule has 37 heavy (non-hydrogen) atoms. The minimum Gasteiger partial charge on any atom is -0.461 e. The topological polar surface area (TPSA) is 105 Å². The van der Waals surface area contributed by atoms with Crippen molar-refractivity contribution in [3.05, 3.63) is 36.5 Å². The highest BCUT2D eigenvalue weighted by Crippen LogP contribution is 2.40. The maximum Gasteiger partial charge on any atom is 0.333 e. The molecular formula is C27H38F2O8. The maximum atomic E-state index is 15.2. The molecule has 208 valence electrons. The molecule has 0 radical (unpaired) electrons. The van der Waals surface area contributed by atoms with Crippen LogP contribution in [0.15, 0.2) is 36.5 Å². The Morgan fingerprint density at radius 3 is 1.68 bits per heavy atom. The molecule has 0 N–H and O–H groups in total. The van der Waals surface area contributed by atoms with Gasteiger partial charge in [-0.3, -0.25) is 4.79 Å².